The Bertz CT molecular complexity index is 728. The lowest BCUT2D eigenvalue weighted by Crippen LogP contribution is -2.27. The summed E-state index contributed by atoms with van der Waals surface area (Å²) in [4.78, 5) is 11.9. The first kappa shape index (κ1) is 16.5. The zero-order chi connectivity index (χ0) is 16.7. The summed E-state index contributed by atoms with van der Waals surface area (Å²) in [7, 11) is 0. The smallest absolute Gasteiger partial charge is 0.273 e. The number of carbonyl (C=O) groups excluding carboxylic acids is 1. The van der Waals surface area contributed by atoms with Gasteiger partial charge >= 0.3 is 0 Å². The minimum atomic E-state index is -0.290. The minimum absolute atomic E-state index is 0.221. The average Bonchev–Trinajstić information content (AvgIpc) is 3.31. The standard InChI is InChI=1S/C14H14N4O3.C2H6/c1-10-4-5-16-18(10)7-6-15-14(19)11-9-13(21-17-11)12-3-2-8-20-12;1-2/h2-5,8-9H,6-7H2,1H3,(H,15,19);1-2H3. The zero-order valence-corrected chi connectivity index (χ0v) is 13.4. The van der Waals surface area contributed by atoms with Crippen molar-refractivity contribution in [3.63, 3.8) is 0 Å². The summed E-state index contributed by atoms with van der Waals surface area (Å²) in [6.45, 7) is 7.03. The second kappa shape index (κ2) is 7.98. The summed E-state index contributed by atoms with van der Waals surface area (Å²) >= 11 is 0. The van der Waals surface area contributed by atoms with Gasteiger partial charge in [-0.25, -0.2) is 0 Å². The van der Waals surface area contributed by atoms with E-state index in [1.165, 1.54) is 6.26 Å². The molecule has 0 fully saturated rings. The second-order valence-corrected chi connectivity index (χ2v) is 4.51. The number of hydrogen-bond donors (Lipinski definition) is 1. The summed E-state index contributed by atoms with van der Waals surface area (Å²) in [6, 6.07) is 6.94. The highest BCUT2D eigenvalue weighted by molar-refractivity contribution is 5.92. The average molecular weight is 316 g/mol. The lowest BCUT2D eigenvalue weighted by molar-refractivity contribution is 0.0943. The van der Waals surface area contributed by atoms with Crippen molar-refractivity contribution in [2.75, 3.05) is 6.54 Å². The van der Waals surface area contributed by atoms with Gasteiger partial charge in [0.1, 0.15) is 0 Å². The number of aryl methyl sites for hydroxylation is 1. The fraction of sp³-hybridized carbons (Fsp3) is 0.312. The molecule has 3 rings (SSSR count). The van der Waals surface area contributed by atoms with E-state index in [9.17, 15) is 4.79 Å². The van der Waals surface area contributed by atoms with Crippen molar-refractivity contribution in [1.29, 1.82) is 0 Å². The first-order valence-electron chi connectivity index (χ1n) is 7.51. The monoisotopic (exact) mass is 316 g/mol. The first-order valence-corrected chi connectivity index (χ1v) is 7.51. The van der Waals surface area contributed by atoms with Gasteiger partial charge in [0.2, 0.25) is 5.76 Å². The number of carbonyl (C=O) groups is 1. The molecular formula is C16H20N4O3. The van der Waals surface area contributed by atoms with Crippen LogP contribution in [0.1, 0.15) is 30.0 Å². The Kier molecular flexibility index (Phi) is 5.74. The van der Waals surface area contributed by atoms with Crippen LogP contribution in [-0.4, -0.2) is 27.4 Å². The van der Waals surface area contributed by atoms with Gasteiger partial charge in [-0.2, -0.15) is 5.10 Å². The van der Waals surface area contributed by atoms with Gasteiger partial charge in [0.25, 0.3) is 5.91 Å². The summed E-state index contributed by atoms with van der Waals surface area (Å²) < 4.78 is 12.1. The maximum atomic E-state index is 11.9. The lowest BCUT2D eigenvalue weighted by Gasteiger charge is -2.05. The van der Waals surface area contributed by atoms with Crippen molar-refractivity contribution in [2.45, 2.75) is 27.3 Å². The van der Waals surface area contributed by atoms with E-state index < -0.39 is 0 Å². The summed E-state index contributed by atoms with van der Waals surface area (Å²) in [5.41, 5.74) is 1.27. The molecule has 3 heterocycles. The number of aromatic nitrogens is 3. The van der Waals surface area contributed by atoms with Crippen molar-refractivity contribution in [1.82, 2.24) is 20.3 Å². The van der Waals surface area contributed by atoms with Gasteiger partial charge < -0.3 is 14.3 Å². The van der Waals surface area contributed by atoms with E-state index in [0.717, 1.165) is 5.69 Å². The Labute approximate surface area is 134 Å². The second-order valence-electron chi connectivity index (χ2n) is 4.51. The van der Waals surface area contributed by atoms with Crippen LogP contribution in [0.4, 0.5) is 0 Å². The third kappa shape index (κ3) is 4.09. The van der Waals surface area contributed by atoms with Crippen LogP contribution >= 0.6 is 0 Å². The van der Waals surface area contributed by atoms with Crippen LogP contribution in [-0.2, 0) is 6.54 Å². The molecule has 0 spiro atoms. The third-order valence-corrected chi connectivity index (χ3v) is 3.04. The van der Waals surface area contributed by atoms with Crippen LogP contribution in [0.3, 0.4) is 0 Å². The van der Waals surface area contributed by atoms with Crippen LogP contribution in [0.2, 0.25) is 0 Å². The molecule has 7 nitrogen and oxygen atoms in total. The lowest BCUT2D eigenvalue weighted by atomic mass is 10.3. The van der Waals surface area contributed by atoms with E-state index in [4.69, 9.17) is 8.94 Å². The molecule has 1 amide bonds. The van der Waals surface area contributed by atoms with E-state index in [2.05, 4.69) is 15.6 Å². The van der Waals surface area contributed by atoms with Gasteiger partial charge in [-0.15, -0.1) is 0 Å². The molecule has 0 saturated carbocycles. The Morgan fingerprint density at radius 3 is 2.78 bits per heavy atom. The summed E-state index contributed by atoms with van der Waals surface area (Å²) in [5, 5.41) is 10.6. The molecule has 0 aromatic carbocycles. The molecule has 3 aromatic rings. The topological polar surface area (TPSA) is 86.1 Å². The fourth-order valence-electron chi connectivity index (χ4n) is 1.92. The van der Waals surface area contributed by atoms with Crippen LogP contribution < -0.4 is 5.32 Å². The predicted molar refractivity (Wildman–Crippen MR) is 84.9 cm³/mol. The molecule has 0 aliphatic carbocycles. The Balaban J connectivity index is 0.000000924. The van der Waals surface area contributed by atoms with E-state index in [1.807, 2.05) is 31.5 Å². The highest BCUT2D eigenvalue weighted by atomic mass is 16.5. The number of nitrogens with zero attached hydrogens (tertiary/aromatic N) is 3. The quantitative estimate of drug-likeness (QED) is 0.782. The van der Waals surface area contributed by atoms with Crippen LogP contribution in [0, 0.1) is 6.92 Å². The summed E-state index contributed by atoms with van der Waals surface area (Å²) in [6.07, 6.45) is 3.26. The van der Waals surface area contributed by atoms with E-state index in [1.54, 1.807) is 24.4 Å². The van der Waals surface area contributed by atoms with Crippen LogP contribution in [0.5, 0.6) is 0 Å². The van der Waals surface area contributed by atoms with Gasteiger partial charge in [0, 0.05) is 24.5 Å². The Morgan fingerprint density at radius 2 is 2.13 bits per heavy atom. The number of nitrogens with one attached hydrogen (secondary N) is 1. The molecule has 0 bridgehead atoms. The van der Waals surface area contributed by atoms with E-state index >= 15 is 0 Å². The molecule has 1 N–H and O–H groups in total. The normalized spacial score (nSPS) is 10.0. The van der Waals surface area contributed by atoms with Crippen molar-refractivity contribution in [3.05, 3.63) is 48.1 Å². The molecule has 23 heavy (non-hydrogen) atoms. The van der Waals surface area contributed by atoms with Gasteiger partial charge in [-0.05, 0) is 25.1 Å². The van der Waals surface area contributed by atoms with Crippen molar-refractivity contribution < 1.29 is 13.7 Å². The zero-order valence-electron chi connectivity index (χ0n) is 13.4. The molecule has 0 unspecified atom stereocenters. The van der Waals surface area contributed by atoms with Crippen molar-refractivity contribution in [2.24, 2.45) is 0 Å². The van der Waals surface area contributed by atoms with Crippen LogP contribution in [0.25, 0.3) is 11.5 Å². The highest BCUT2D eigenvalue weighted by Gasteiger charge is 2.14. The van der Waals surface area contributed by atoms with Gasteiger partial charge in [0.05, 0.1) is 12.8 Å². The van der Waals surface area contributed by atoms with Gasteiger partial charge in [0.15, 0.2) is 11.5 Å². The molecule has 0 aliphatic rings. The molecule has 7 heteroatoms. The number of amides is 1. The molecule has 0 atom stereocenters. The first-order chi connectivity index (χ1) is 11.2. The minimum Gasteiger partial charge on any atom is -0.461 e. The molecule has 122 valence electrons. The maximum absolute atomic E-state index is 11.9. The number of rotatable bonds is 5. The fourth-order valence-corrected chi connectivity index (χ4v) is 1.92. The van der Waals surface area contributed by atoms with Crippen molar-refractivity contribution >= 4 is 5.91 Å². The SMILES string of the molecule is CC.Cc1ccnn1CCNC(=O)c1cc(-c2ccco2)on1. The van der Waals surface area contributed by atoms with Crippen molar-refractivity contribution in [3.8, 4) is 11.5 Å². The van der Waals surface area contributed by atoms with Gasteiger partial charge in [-0.3, -0.25) is 9.48 Å². The van der Waals surface area contributed by atoms with E-state index in [0.29, 0.717) is 24.6 Å². The van der Waals surface area contributed by atoms with Crippen LogP contribution in [0.15, 0.2) is 45.7 Å². The maximum Gasteiger partial charge on any atom is 0.273 e. The molecule has 0 radical (unpaired) electrons. The Morgan fingerprint density at radius 1 is 1.30 bits per heavy atom. The largest absolute Gasteiger partial charge is 0.461 e. The molecule has 0 saturated heterocycles. The molecule has 3 aromatic heterocycles. The number of furan rings is 1. The summed E-state index contributed by atoms with van der Waals surface area (Å²) in [5.74, 6) is 0.670. The highest BCUT2D eigenvalue weighted by Crippen LogP contribution is 2.20. The number of hydrogen-bond acceptors (Lipinski definition) is 5. The third-order valence-electron chi connectivity index (χ3n) is 3.04. The molecular weight excluding hydrogens is 296 g/mol. The Hall–Kier alpha value is -2.83. The van der Waals surface area contributed by atoms with Gasteiger partial charge in [-0.1, -0.05) is 19.0 Å². The van der Waals surface area contributed by atoms with E-state index in [-0.39, 0.29) is 11.6 Å². The predicted octanol–water partition coefficient (Wildman–Crippen LogP) is 2.90. The molecule has 0 aliphatic heterocycles.